The predicted molar refractivity (Wildman–Crippen MR) is 142 cm³/mol. The van der Waals surface area contributed by atoms with Gasteiger partial charge in [0.2, 0.25) is 5.91 Å². The van der Waals surface area contributed by atoms with Crippen LogP contribution in [0.5, 0.6) is 5.75 Å². The minimum atomic E-state index is -0.219. The molecular formula is C30H31BrN2O2. The minimum Gasteiger partial charge on any atom is -0.493 e. The molecule has 4 atom stereocenters. The van der Waals surface area contributed by atoms with E-state index in [-0.39, 0.29) is 23.3 Å². The molecule has 0 aromatic heterocycles. The monoisotopic (exact) mass is 530 g/mol. The molecule has 0 unspecified atom stereocenters. The number of nitrogens with one attached hydrogen (secondary N) is 1. The summed E-state index contributed by atoms with van der Waals surface area (Å²) in [6.45, 7) is 2.97. The lowest BCUT2D eigenvalue weighted by molar-refractivity contribution is -0.141. The normalized spacial score (nSPS) is 27.9. The number of halogens is 1. The number of benzene rings is 3. The van der Waals surface area contributed by atoms with Gasteiger partial charge in [0.1, 0.15) is 5.75 Å². The van der Waals surface area contributed by atoms with E-state index in [1.54, 1.807) is 0 Å². The highest BCUT2D eigenvalue weighted by atomic mass is 79.9. The molecule has 6 rings (SSSR count). The first-order valence-electron chi connectivity index (χ1n) is 12.7. The molecule has 0 saturated carbocycles. The van der Waals surface area contributed by atoms with Crippen LogP contribution in [0.2, 0.25) is 0 Å². The van der Waals surface area contributed by atoms with E-state index < -0.39 is 0 Å². The minimum absolute atomic E-state index is 0.0875. The van der Waals surface area contributed by atoms with Crippen molar-refractivity contribution in [1.29, 1.82) is 0 Å². The third-order valence-electron chi connectivity index (χ3n) is 8.38. The van der Waals surface area contributed by atoms with Gasteiger partial charge in [0.05, 0.1) is 18.6 Å². The second kappa shape index (κ2) is 9.44. The third-order valence-corrected chi connectivity index (χ3v) is 8.87. The first-order valence-corrected chi connectivity index (χ1v) is 13.5. The van der Waals surface area contributed by atoms with Gasteiger partial charge < -0.3 is 15.0 Å². The summed E-state index contributed by atoms with van der Waals surface area (Å²) in [6.07, 6.45) is 2.82. The lowest BCUT2D eigenvalue weighted by Gasteiger charge is -2.45. The summed E-state index contributed by atoms with van der Waals surface area (Å²) in [4.78, 5) is 16.6. The lowest BCUT2D eigenvalue weighted by atomic mass is 9.68. The summed E-state index contributed by atoms with van der Waals surface area (Å²) in [7, 11) is 0. The summed E-state index contributed by atoms with van der Waals surface area (Å²) in [6, 6.07) is 27.8. The van der Waals surface area contributed by atoms with E-state index in [0.717, 1.165) is 42.6 Å². The van der Waals surface area contributed by atoms with Crippen LogP contribution in [0.1, 0.15) is 47.9 Å². The molecule has 1 amide bonds. The van der Waals surface area contributed by atoms with Crippen molar-refractivity contribution < 1.29 is 9.53 Å². The van der Waals surface area contributed by atoms with E-state index in [2.05, 4.69) is 98.9 Å². The van der Waals surface area contributed by atoms with Gasteiger partial charge in [-0.15, -0.1) is 0 Å². The van der Waals surface area contributed by atoms with Gasteiger partial charge in [-0.25, -0.2) is 0 Å². The van der Waals surface area contributed by atoms with Crippen LogP contribution in [0, 0.1) is 5.92 Å². The number of nitrogens with zero attached hydrogens (tertiary/aromatic N) is 1. The van der Waals surface area contributed by atoms with Gasteiger partial charge in [0, 0.05) is 35.1 Å². The van der Waals surface area contributed by atoms with Crippen molar-refractivity contribution in [1.82, 2.24) is 10.2 Å². The highest BCUT2D eigenvalue weighted by Gasteiger charge is 2.52. The predicted octanol–water partition coefficient (Wildman–Crippen LogP) is 5.84. The molecule has 0 bridgehead atoms. The van der Waals surface area contributed by atoms with Crippen molar-refractivity contribution in [2.75, 3.05) is 26.2 Å². The number of likely N-dealkylation sites (tertiary alicyclic amines) is 1. The molecule has 3 aromatic carbocycles. The molecule has 1 spiro atoms. The van der Waals surface area contributed by atoms with Gasteiger partial charge in [-0.3, -0.25) is 4.79 Å². The van der Waals surface area contributed by atoms with E-state index in [4.69, 9.17) is 4.74 Å². The van der Waals surface area contributed by atoms with Crippen LogP contribution in [0.4, 0.5) is 0 Å². The van der Waals surface area contributed by atoms with E-state index in [9.17, 15) is 4.79 Å². The first kappa shape index (κ1) is 22.8. The summed E-state index contributed by atoms with van der Waals surface area (Å²) in [5.41, 5.74) is 3.56. The fraction of sp³-hybridized carbons (Fsp3) is 0.367. The molecular weight excluding hydrogens is 500 g/mol. The first-order chi connectivity index (χ1) is 17.2. The van der Waals surface area contributed by atoms with E-state index in [1.165, 1.54) is 16.7 Å². The Labute approximate surface area is 215 Å². The number of carbonyl (C=O) groups is 1. The SMILES string of the molecule is O=C([C@@H]1CNC[C@]12CCOc1cc(Br)ccc12)N1CC[C@@H](c2ccccc2)C[C@H]1c1ccccc1. The Morgan fingerprint density at radius 3 is 2.51 bits per heavy atom. The lowest BCUT2D eigenvalue weighted by Crippen LogP contribution is -2.50. The number of fused-ring (bicyclic) bond motifs is 2. The Morgan fingerprint density at radius 2 is 1.74 bits per heavy atom. The van der Waals surface area contributed by atoms with Crippen molar-refractivity contribution in [3.8, 4) is 5.75 Å². The molecule has 1 N–H and O–H groups in total. The quantitative estimate of drug-likeness (QED) is 0.462. The van der Waals surface area contributed by atoms with Crippen molar-refractivity contribution in [3.63, 3.8) is 0 Å². The maximum absolute atomic E-state index is 14.4. The Kier molecular flexibility index (Phi) is 6.15. The molecule has 2 fully saturated rings. The molecule has 5 heteroatoms. The molecule has 2 saturated heterocycles. The van der Waals surface area contributed by atoms with E-state index >= 15 is 0 Å². The molecule has 0 radical (unpaired) electrons. The zero-order valence-corrected chi connectivity index (χ0v) is 21.4. The number of carbonyl (C=O) groups excluding carboxylic acids is 1. The molecule has 4 nitrogen and oxygen atoms in total. The van der Waals surface area contributed by atoms with E-state index in [0.29, 0.717) is 19.1 Å². The van der Waals surface area contributed by atoms with Crippen LogP contribution in [0.3, 0.4) is 0 Å². The third kappa shape index (κ3) is 4.09. The Hall–Kier alpha value is -2.63. The fourth-order valence-corrected chi connectivity index (χ4v) is 6.92. The van der Waals surface area contributed by atoms with Crippen LogP contribution >= 0.6 is 15.9 Å². The van der Waals surface area contributed by atoms with E-state index in [1.807, 2.05) is 6.07 Å². The Balaban J connectivity index is 1.34. The van der Waals surface area contributed by atoms with Crippen molar-refractivity contribution in [2.24, 2.45) is 5.92 Å². The molecule has 180 valence electrons. The Morgan fingerprint density at radius 1 is 1.00 bits per heavy atom. The molecule has 0 aliphatic carbocycles. The standard InChI is InChI=1S/C30H31BrN2O2/c31-24-11-12-25-28(18-24)35-16-14-30(25)20-32-19-26(30)29(34)33-15-13-23(21-7-3-1-4-8-21)17-27(33)22-9-5-2-6-10-22/h1-12,18,23,26-27,32H,13-17,19-20H2/t23-,26+,27+,30+/m1/s1. The van der Waals surface area contributed by atoms with Crippen LogP contribution < -0.4 is 10.1 Å². The van der Waals surface area contributed by atoms with Gasteiger partial charge in [0.15, 0.2) is 0 Å². The van der Waals surface area contributed by atoms with Crippen molar-refractivity contribution >= 4 is 21.8 Å². The summed E-state index contributed by atoms with van der Waals surface area (Å²) < 4.78 is 7.04. The van der Waals surface area contributed by atoms with Gasteiger partial charge in [-0.2, -0.15) is 0 Å². The maximum Gasteiger partial charge on any atom is 0.228 e. The van der Waals surface area contributed by atoms with Crippen LogP contribution in [0.25, 0.3) is 0 Å². The largest absolute Gasteiger partial charge is 0.493 e. The summed E-state index contributed by atoms with van der Waals surface area (Å²) in [5.74, 6) is 1.56. The average molecular weight is 531 g/mol. The number of piperidine rings is 1. The van der Waals surface area contributed by atoms with Gasteiger partial charge >= 0.3 is 0 Å². The highest BCUT2D eigenvalue weighted by Crippen LogP contribution is 2.49. The Bertz CT molecular complexity index is 1200. The number of hydrogen-bond donors (Lipinski definition) is 1. The molecule has 3 aliphatic rings. The number of hydrogen-bond acceptors (Lipinski definition) is 3. The smallest absolute Gasteiger partial charge is 0.228 e. The van der Waals surface area contributed by atoms with Crippen molar-refractivity contribution in [2.45, 2.75) is 36.6 Å². The summed E-state index contributed by atoms with van der Waals surface area (Å²) in [5, 5.41) is 3.58. The van der Waals surface area contributed by atoms with Gasteiger partial charge in [-0.05, 0) is 48.4 Å². The van der Waals surface area contributed by atoms with Gasteiger partial charge in [-0.1, -0.05) is 82.7 Å². The molecule has 3 aromatic rings. The second-order valence-corrected chi connectivity index (χ2v) is 11.1. The zero-order valence-electron chi connectivity index (χ0n) is 19.8. The fourth-order valence-electron chi connectivity index (χ4n) is 6.58. The van der Waals surface area contributed by atoms with Crippen LogP contribution in [-0.2, 0) is 10.2 Å². The topological polar surface area (TPSA) is 41.6 Å². The van der Waals surface area contributed by atoms with Crippen LogP contribution in [0.15, 0.2) is 83.3 Å². The maximum atomic E-state index is 14.4. The van der Waals surface area contributed by atoms with Crippen molar-refractivity contribution in [3.05, 3.63) is 100 Å². The zero-order chi connectivity index (χ0) is 23.8. The number of amides is 1. The number of ether oxygens (including phenoxy) is 1. The average Bonchev–Trinajstić information content (AvgIpc) is 3.32. The second-order valence-electron chi connectivity index (χ2n) is 10.2. The molecule has 35 heavy (non-hydrogen) atoms. The molecule has 3 aliphatic heterocycles. The van der Waals surface area contributed by atoms with Crippen LogP contribution in [-0.4, -0.2) is 37.0 Å². The number of rotatable bonds is 3. The van der Waals surface area contributed by atoms with Gasteiger partial charge in [0.25, 0.3) is 0 Å². The highest BCUT2D eigenvalue weighted by molar-refractivity contribution is 9.10. The molecule has 3 heterocycles. The summed E-state index contributed by atoms with van der Waals surface area (Å²) >= 11 is 3.58.